The molecule has 1 aromatic heterocycles. The topological polar surface area (TPSA) is 63.2 Å². The van der Waals surface area contributed by atoms with Gasteiger partial charge in [0, 0.05) is 28.9 Å². The van der Waals surface area contributed by atoms with Crippen molar-refractivity contribution in [2.75, 3.05) is 11.9 Å². The van der Waals surface area contributed by atoms with Crippen LogP contribution in [0.2, 0.25) is 0 Å². The van der Waals surface area contributed by atoms with Crippen LogP contribution in [0.3, 0.4) is 0 Å². The van der Waals surface area contributed by atoms with Crippen molar-refractivity contribution in [1.82, 2.24) is 10.3 Å². The second kappa shape index (κ2) is 9.49. The molecule has 1 amide bonds. The van der Waals surface area contributed by atoms with Crippen LogP contribution < -0.4 is 10.6 Å². The molecule has 5 nitrogen and oxygen atoms in total. The number of pyridine rings is 1. The molecular formula is C28H31N3O2. The van der Waals surface area contributed by atoms with Crippen LogP contribution in [-0.2, 0) is 11.2 Å². The van der Waals surface area contributed by atoms with Crippen LogP contribution in [0.25, 0.3) is 21.8 Å². The van der Waals surface area contributed by atoms with E-state index in [-0.39, 0.29) is 12.1 Å². The predicted octanol–water partition coefficient (Wildman–Crippen LogP) is 6.73. The SMILES string of the molecule is Cc1ccc2c(Nc3ccc(CCOC(=O)NC(C)C)cc3)c3cc(C)c(C)cc3nc2c1. The number of aryl methyl sites for hydroxylation is 3. The van der Waals surface area contributed by atoms with Gasteiger partial charge in [-0.15, -0.1) is 0 Å². The molecule has 4 rings (SSSR count). The molecule has 1 heterocycles. The number of alkyl carbamates (subject to hydrolysis) is 1. The highest BCUT2D eigenvalue weighted by Crippen LogP contribution is 2.35. The highest BCUT2D eigenvalue weighted by molar-refractivity contribution is 6.09. The number of carbonyl (C=O) groups excluding carboxylic acids is 1. The Morgan fingerprint density at radius 3 is 2.33 bits per heavy atom. The van der Waals surface area contributed by atoms with Gasteiger partial charge in [0.25, 0.3) is 0 Å². The molecule has 0 saturated heterocycles. The minimum absolute atomic E-state index is 0.0693. The van der Waals surface area contributed by atoms with Crippen molar-refractivity contribution in [2.24, 2.45) is 0 Å². The molecular weight excluding hydrogens is 410 g/mol. The van der Waals surface area contributed by atoms with E-state index in [1.807, 2.05) is 13.8 Å². The van der Waals surface area contributed by atoms with Crippen LogP contribution in [0.4, 0.5) is 16.2 Å². The van der Waals surface area contributed by atoms with Gasteiger partial charge >= 0.3 is 6.09 Å². The van der Waals surface area contributed by atoms with Gasteiger partial charge < -0.3 is 15.4 Å². The summed E-state index contributed by atoms with van der Waals surface area (Å²) in [5.41, 5.74) is 8.85. The molecule has 5 heteroatoms. The van der Waals surface area contributed by atoms with Gasteiger partial charge in [0.1, 0.15) is 0 Å². The Hall–Kier alpha value is -3.60. The zero-order chi connectivity index (χ0) is 23.5. The highest BCUT2D eigenvalue weighted by atomic mass is 16.5. The minimum Gasteiger partial charge on any atom is -0.449 e. The first-order chi connectivity index (χ1) is 15.8. The summed E-state index contributed by atoms with van der Waals surface area (Å²) in [5.74, 6) is 0. The Morgan fingerprint density at radius 1 is 0.909 bits per heavy atom. The Bertz CT molecular complexity index is 1310. The third kappa shape index (κ3) is 5.25. The van der Waals surface area contributed by atoms with E-state index in [1.165, 1.54) is 16.7 Å². The van der Waals surface area contributed by atoms with Gasteiger partial charge in [0.05, 0.1) is 23.3 Å². The molecule has 0 radical (unpaired) electrons. The lowest BCUT2D eigenvalue weighted by Crippen LogP contribution is -2.31. The number of rotatable bonds is 6. The molecule has 0 unspecified atom stereocenters. The fraction of sp³-hybridized carbons (Fsp3) is 0.286. The second-order valence-corrected chi connectivity index (χ2v) is 8.97. The van der Waals surface area contributed by atoms with Crippen molar-refractivity contribution < 1.29 is 9.53 Å². The van der Waals surface area contributed by atoms with E-state index < -0.39 is 0 Å². The third-order valence-electron chi connectivity index (χ3n) is 5.80. The molecule has 0 aliphatic carbocycles. The standard InChI is InChI=1S/C28H31N3O2/c1-17(2)29-28(32)33-13-12-21-7-9-22(10-8-21)30-27-23-11-6-18(3)14-25(23)31-26-16-20(5)19(4)15-24(26)27/h6-11,14-17H,12-13H2,1-5H3,(H,29,32)(H,30,31). The number of amides is 1. The number of benzene rings is 3. The first kappa shape index (κ1) is 22.6. The zero-order valence-corrected chi connectivity index (χ0v) is 20.0. The van der Waals surface area contributed by atoms with E-state index in [1.54, 1.807) is 0 Å². The average molecular weight is 442 g/mol. The van der Waals surface area contributed by atoms with Crippen LogP contribution in [-0.4, -0.2) is 23.7 Å². The quantitative estimate of drug-likeness (QED) is 0.326. The zero-order valence-electron chi connectivity index (χ0n) is 20.0. The molecule has 0 bridgehead atoms. The molecule has 0 atom stereocenters. The van der Waals surface area contributed by atoms with Crippen LogP contribution in [0.5, 0.6) is 0 Å². The Kier molecular flexibility index (Phi) is 6.50. The number of anilines is 2. The van der Waals surface area contributed by atoms with E-state index in [0.717, 1.165) is 38.7 Å². The summed E-state index contributed by atoms with van der Waals surface area (Å²) in [4.78, 5) is 16.6. The third-order valence-corrected chi connectivity index (χ3v) is 5.80. The summed E-state index contributed by atoms with van der Waals surface area (Å²) < 4.78 is 5.24. The van der Waals surface area contributed by atoms with Gasteiger partial charge in [-0.05, 0) is 87.2 Å². The number of ether oxygens (including phenoxy) is 1. The number of nitrogens with one attached hydrogen (secondary N) is 2. The van der Waals surface area contributed by atoms with Gasteiger partial charge in [0.15, 0.2) is 0 Å². The molecule has 0 aliphatic rings. The van der Waals surface area contributed by atoms with Gasteiger partial charge in [-0.1, -0.05) is 24.3 Å². The van der Waals surface area contributed by atoms with Gasteiger partial charge in [0.2, 0.25) is 0 Å². The molecule has 170 valence electrons. The van der Waals surface area contributed by atoms with Gasteiger partial charge in [-0.3, -0.25) is 0 Å². The number of fused-ring (bicyclic) bond motifs is 2. The number of hydrogen-bond donors (Lipinski definition) is 2. The highest BCUT2D eigenvalue weighted by Gasteiger charge is 2.12. The lowest BCUT2D eigenvalue weighted by Gasteiger charge is -2.15. The largest absolute Gasteiger partial charge is 0.449 e. The van der Waals surface area contributed by atoms with Crippen LogP contribution in [0.1, 0.15) is 36.1 Å². The van der Waals surface area contributed by atoms with E-state index in [0.29, 0.717) is 13.0 Å². The number of carbonyl (C=O) groups is 1. The molecule has 4 aromatic rings. The lowest BCUT2D eigenvalue weighted by molar-refractivity contribution is 0.145. The fourth-order valence-corrected chi connectivity index (χ4v) is 3.89. The summed E-state index contributed by atoms with van der Waals surface area (Å²) in [6.45, 7) is 10.5. The molecule has 3 aromatic carbocycles. The van der Waals surface area contributed by atoms with E-state index in [2.05, 4.69) is 86.0 Å². The van der Waals surface area contributed by atoms with Crippen molar-refractivity contribution in [1.29, 1.82) is 0 Å². The second-order valence-electron chi connectivity index (χ2n) is 8.97. The number of hydrogen-bond acceptors (Lipinski definition) is 4. The van der Waals surface area contributed by atoms with Crippen LogP contribution >= 0.6 is 0 Å². The smallest absolute Gasteiger partial charge is 0.407 e. The maximum atomic E-state index is 11.6. The molecule has 33 heavy (non-hydrogen) atoms. The summed E-state index contributed by atoms with van der Waals surface area (Å²) in [5, 5.41) is 8.59. The molecule has 0 aliphatic heterocycles. The maximum Gasteiger partial charge on any atom is 0.407 e. The lowest BCUT2D eigenvalue weighted by atomic mass is 10.0. The molecule has 0 spiro atoms. The minimum atomic E-state index is -0.375. The van der Waals surface area contributed by atoms with Crippen LogP contribution in [0.15, 0.2) is 54.6 Å². The Balaban J connectivity index is 1.59. The molecule has 2 N–H and O–H groups in total. The van der Waals surface area contributed by atoms with E-state index >= 15 is 0 Å². The van der Waals surface area contributed by atoms with E-state index in [9.17, 15) is 4.79 Å². The number of nitrogens with zero attached hydrogens (tertiary/aromatic N) is 1. The van der Waals surface area contributed by atoms with Gasteiger partial charge in [-0.25, -0.2) is 9.78 Å². The predicted molar refractivity (Wildman–Crippen MR) is 137 cm³/mol. The van der Waals surface area contributed by atoms with Crippen molar-refractivity contribution in [3.63, 3.8) is 0 Å². The van der Waals surface area contributed by atoms with Crippen molar-refractivity contribution in [2.45, 2.75) is 47.1 Å². The van der Waals surface area contributed by atoms with E-state index in [4.69, 9.17) is 9.72 Å². The Labute approximate surface area is 195 Å². The van der Waals surface area contributed by atoms with Crippen molar-refractivity contribution in [3.8, 4) is 0 Å². The summed E-state index contributed by atoms with van der Waals surface area (Å²) >= 11 is 0. The summed E-state index contributed by atoms with van der Waals surface area (Å²) in [6.07, 6.45) is 0.297. The normalized spacial score (nSPS) is 11.2. The van der Waals surface area contributed by atoms with Crippen molar-refractivity contribution in [3.05, 3.63) is 76.9 Å². The van der Waals surface area contributed by atoms with Crippen LogP contribution in [0, 0.1) is 20.8 Å². The average Bonchev–Trinajstić information content (AvgIpc) is 2.75. The Morgan fingerprint density at radius 2 is 1.61 bits per heavy atom. The van der Waals surface area contributed by atoms with Gasteiger partial charge in [-0.2, -0.15) is 0 Å². The fourth-order valence-electron chi connectivity index (χ4n) is 3.89. The molecule has 0 saturated carbocycles. The molecule has 0 fully saturated rings. The summed E-state index contributed by atoms with van der Waals surface area (Å²) in [7, 11) is 0. The monoisotopic (exact) mass is 441 g/mol. The maximum absolute atomic E-state index is 11.6. The summed E-state index contributed by atoms with van der Waals surface area (Å²) in [6, 6.07) is 19.1. The first-order valence-corrected chi connectivity index (χ1v) is 11.4. The number of aromatic nitrogens is 1. The van der Waals surface area contributed by atoms with Crippen molar-refractivity contribution >= 4 is 39.3 Å². The first-order valence-electron chi connectivity index (χ1n) is 11.4.